The van der Waals surface area contributed by atoms with Crippen LogP contribution >= 0.6 is 0 Å². The van der Waals surface area contributed by atoms with Gasteiger partial charge in [0, 0.05) is 31.2 Å². The summed E-state index contributed by atoms with van der Waals surface area (Å²) in [5.41, 5.74) is 3.24. The molecule has 0 aromatic heterocycles. The van der Waals surface area contributed by atoms with Gasteiger partial charge in [-0.05, 0) is 48.8 Å². The molecule has 1 aliphatic carbocycles. The first-order chi connectivity index (χ1) is 15.0. The summed E-state index contributed by atoms with van der Waals surface area (Å²) in [4.78, 5) is 26.0. The van der Waals surface area contributed by atoms with Gasteiger partial charge in [-0.25, -0.2) is 4.79 Å². The van der Waals surface area contributed by atoms with Gasteiger partial charge in [0.2, 0.25) is 5.91 Å². The molecule has 2 bridgehead atoms. The van der Waals surface area contributed by atoms with Crippen molar-refractivity contribution in [3.63, 3.8) is 0 Å². The number of piperidine rings is 1. The van der Waals surface area contributed by atoms with Gasteiger partial charge < -0.3 is 15.2 Å². The van der Waals surface area contributed by atoms with Crippen molar-refractivity contribution in [1.82, 2.24) is 10.2 Å². The van der Waals surface area contributed by atoms with E-state index in [1.165, 1.54) is 0 Å². The van der Waals surface area contributed by atoms with Crippen molar-refractivity contribution in [3.8, 4) is 5.75 Å². The molecule has 2 N–H and O–H groups in total. The molecule has 1 heterocycles. The van der Waals surface area contributed by atoms with E-state index in [-0.39, 0.29) is 18.6 Å². The number of hydrogen-bond donors (Lipinski definition) is 2. The molecule has 2 aliphatic rings. The fourth-order valence-corrected chi connectivity index (χ4v) is 5.06. The Labute approximate surface area is 183 Å². The van der Waals surface area contributed by atoms with E-state index in [1.54, 1.807) is 0 Å². The van der Waals surface area contributed by atoms with Gasteiger partial charge in [-0.3, -0.25) is 9.69 Å². The predicted octanol–water partition coefficient (Wildman–Crippen LogP) is 3.03. The molecular weight excluding hydrogens is 392 g/mol. The Morgan fingerprint density at radius 2 is 1.68 bits per heavy atom. The van der Waals surface area contributed by atoms with Crippen LogP contribution in [-0.4, -0.2) is 47.6 Å². The number of carbonyl (C=O) groups is 2. The fraction of sp³-hybridized carbons (Fsp3) is 0.440. The van der Waals surface area contributed by atoms with E-state index in [9.17, 15) is 9.59 Å². The van der Waals surface area contributed by atoms with Gasteiger partial charge in [0.05, 0.1) is 6.42 Å². The first kappa shape index (κ1) is 21.4. The summed E-state index contributed by atoms with van der Waals surface area (Å²) >= 11 is 0. The lowest BCUT2D eigenvalue weighted by molar-refractivity contribution is -0.139. The van der Waals surface area contributed by atoms with Crippen LogP contribution in [0.15, 0.2) is 48.5 Å². The minimum absolute atomic E-state index is 0.108. The van der Waals surface area contributed by atoms with Crippen molar-refractivity contribution in [1.29, 1.82) is 0 Å². The fourth-order valence-electron chi connectivity index (χ4n) is 5.06. The number of benzene rings is 2. The van der Waals surface area contributed by atoms with E-state index in [0.29, 0.717) is 24.0 Å². The number of nitrogens with one attached hydrogen (secondary N) is 1. The summed E-state index contributed by atoms with van der Waals surface area (Å²) in [5.74, 6) is 0.663. The number of carboxylic acid groups (broad SMARTS) is 1. The minimum atomic E-state index is -0.977. The number of fused-ring (bicyclic) bond motifs is 2. The van der Waals surface area contributed by atoms with Crippen molar-refractivity contribution >= 4 is 11.9 Å². The quantitative estimate of drug-likeness (QED) is 0.684. The van der Waals surface area contributed by atoms with Gasteiger partial charge in [-0.15, -0.1) is 0 Å². The number of carbonyl (C=O) groups excluding carboxylic acids is 1. The van der Waals surface area contributed by atoms with Crippen molar-refractivity contribution < 1.29 is 19.4 Å². The summed E-state index contributed by atoms with van der Waals surface area (Å²) in [6, 6.07) is 15.9. The topological polar surface area (TPSA) is 78.9 Å². The van der Waals surface area contributed by atoms with Crippen molar-refractivity contribution in [2.75, 3.05) is 19.7 Å². The smallest absolute Gasteiger partial charge is 0.341 e. The molecule has 3 atom stereocenters. The number of rotatable bonds is 8. The molecule has 1 amide bonds. The molecule has 1 saturated heterocycles. The molecule has 2 aromatic rings. The highest BCUT2D eigenvalue weighted by Gasteiger charge is 2.42. The Morgan fingerprint density at radius 1 is 1.03 bits per heavy atom. The van der Waals surface area contributed by atoms with Gasteiger partial charge >= 0.3 is 5.97 Å². The molecule has 6 heteroatoms. The van der Waals surface area contributed by atoms with Crippen LogP contribution in [0, 0.1) is 18.8 Å². The highest BCUT2D eigenvalue weighted by atomic mass is 16.5. The summed E-state index contributed by atoms with van der Waals surface area (Å²) in [6.07, 6.45) is 2.70. The number of hydrogen-bond acceptors (Lipinski definition) is 4. The maximum absolute atomic E-state index is 12.7. The minimum Gasteiger partial charge on any atom is -0.482 e. The Kier molecular flexibility index (Phi) is 6.56. The van der Waals surface area contributed by atoms with Gasteiger partial charge in [0.1, 0.15) is 5.75 Å². The Morgan fingerprint density at radius 3 is 2.35 bits per heavy atom. The van der Waals surface area contributed by atoms with E-state index < -0.39 is 5.97 Å². The molecular formula is C25H30N2O4. The van der Waals surface area contributed by atoms with Crippen molar-refractivity contribution in [2.45, 2.75) is 38.8 Å². The number of amides is 1. The highest BCUT2D eigenvalue weighted by Crippen LogP contribution is 2.38. The zero-order chi connectivity index (χ0) is 21.8. The van der Waals surface area contributed by atoms with Crippen LogP contribution < -0.4 is 10.1 Å². The average molecular weight is 423 g/mol. The number of nitrogens with zero attached hydrogens (tertiary/aromatic N) is 1. The molecule has 1 unspecified atom stereocenters. The Bertz CT molecular complexity index is 931. The lowest BCUT2D eigenvalue weighted by Gasteiger charge is -2.38. The van der Waals surface area contributed by atoms with Crippen LogP contribution in [0.3, 0.4) is 0 Å². The second-order valence-corrected chi connectivity index (χ2v) is 8.78. The Hall–Kier alpha value is -2.86. The summed E-state index contributed by atoms with van der Waals surface area (Å²) in [5, 5.41) is 12.2. The van der Waals surface area contributed by atoms with E-state index in [1.807, 2.05) is 55.5 Å². The van der Waals surface area contributed by atoms with Crippen LogP contribution in [0.4, 0.5) is 0 Å². The van der Waals surface area contributed by atoms with Gasteiger partial charge in [-0.2, -0.15) is 0 Å². The lowest BCUT2D eigenvalue weighted by Crippen LogP contribution is -2.52. The predicted molar refractivity (Wildman–Crippen MR) is 118 cm³/mol. The molecule has 0 radical (unpaired) electrons. The summed E-state index contributed by atoms with van der Waals surface area (Å²) < 4.78 is 5.47. The molecule has 2 fully saturated rings. The number of aliphatic carboxylic acids is 1. The zero-order valence-corrected chi connectivity index (χ0v) is 17.9. The van der Waals surface area contributed by atoms with Crippen molar-refractivity contribution in [2.24, 2.45) is 11.8 Å². The molecule has 6 nitrogen and oxygen atoms in total. The average Bonchev–Trinajstić information content (AvgIpc) is 2.97. The molecule has 1 aliphatic heterocycles. The van der Waals surface area contributed by atoms with Crippen LogP contribution in [0.1, 0.15) is 29.5 Å². The van der Waals surface area contributed by atoms with Gasteiger partial charge in [0.15, 0.2) is 6.61 Å². The first-order valence-electron chi connectivity index (χ1n) is 11.0. The van der Waals surface area contributed by atoms with Crippen LogP contribution in [0.5, 0.6) is 5.75 Å². The maximum atomic E-state index is 12.7. The van der Waals surface area contributed by atoms with Gasteiger partial charge in [-0.1, -0.05) is 42.5 Å². The normalized spacial score (nSPS) is 22.8. The highest BCUT2D eigenvalue weighted by molar-refractivity contribution is 5.79. The standard InChI is InChI=1S/C25H30N2O4/c1-17-6-2-3-7-18(17)12-23(28)26-25-20-10-11-21(25)15-27(14-20)13-19-8-4-5-9-22(19)31-16-24(29)30/h2-9,20-21,25H,10-16H2,1H3,(H,26,28)(H,29,30)/t20-,21+,25?. The van der Waals surface area contributed by atoms with Crippen LogP contribution in [0.2, 0.25) is 0 Å². The van der Waals surface area contributed by atoms with Crippen molar-refractivity contribution in [3.05, 3.63) is 65.2 Å². The SMILES string of the molecule is Cc1ccccc1CC(=O)NC1[C@@H]2CC[C@H]1CN(Cc1ccccc1OCC(=O)O)C2. The second-order valence-electron chi connectivity index (χ2n) is 8.78. The number of para-hydroxylation sites is 1. The number of likely N-dealkylation sites (tertiary alicyclic amines) is 1. The van der Waals surface area contributed by atoms with E-state index in [0.717, 1.165) is 49.2 Å². The third-order valence-corrected chi connectivity index (χ3v) is 6.57. The van der Waals surface area contributed by atoms with Crippen LogP contribution in [0.25, 0.3) is 0 Å². The molecule has 0 spiro atoms. The molecule has 2 aromatic carbocycles. The van der Waals surface area contributed by atoms with E-state index in [2.05, 4.69) is 10.2 Å². The lowest BCUT2D eigenvalue weighted by atomic mass is 9.91. The third-order valence-electron chi connectivity index (χ3n) is 6.57. The first-order valence-corrected chi connectivity index (χ1v) is 11.0. The van der Waals surface area contributed by atoms with E-state index >= 15 is 0 Å². The largest absolute Gasteiger partial charge is 0.482 e. The maximum Gasteiger partial charge on any atom is 0.341 e. The number of carboxylic acids is 1. The van der Waals surface area contributed by atoms with Gasteiger partial charge in [0.25, 0.3) is 0 Å². The zero-order valence-electron chi connectivity index (χ0n) is 17.9. The number of aryl methyl sites for hydroxylation is 1. The third kappa shape index (κ3) is 5.25. The summed E-state index contributed by atoms with van der Waals surface area (Å²) in [6.45, 7) is 4.30. The van der Waals surface area contributed by atoms with E-state index in [4.69, 9.17) is 9.84 Å². The Balaban J connectivity index is 1.35. The molecule has 31 heavy (non-hydrogen) atoms. The monoisotopic (exact) mass is 422 g/mol. The number of ether oxygens (including phenoxy) is 1. The summed E-state index contributed by atoms with van der Waals surface area (Å²) in [7, 11) is 0. The molecule has 4 rings (SSSR count). The molecule has 164 valence electrons. The molecule has 1 saturated carbocycles. The van der Waals surface area contributed by atoms with Crippen LogP contribution in [-0.2, 0) is 22.6 Å². The second kappa shape index (κ2) is 9.52.